The molecule has 0 saturated carbocycles. The number of aliphatic hydroxyl groups excluding tert-OH is 1. The maximum atomic E-state index is 12.6. The van der Waals surface area contributed by atoms with Gasteiger partial charge in [-0.1, -0.05) is 26.0 Å². The summed E-state index contributed by atoms with van der Waals surface area (Å²) < 4.78 is 37.7. The van der Waals surface area contributed by atoms with Gasteiger partial charge in [-0.25, -0.2) is 4.98 Å². The lowest BCUT2D eigenvalue weighted by Gasteiger charge is -2.11. The van der Waals surface area contributed by atoms with Crippen molar-refractivity contribution in [2.45, 2.75) is 39.5 Å². The fourth-order valence-electron chi connectivity index (χ4n) is 2.20. The maximum absolute atomic E-state index is 12.6. The first-order valence-corrected chi connectivity index (χ1v) is 7.83. The van der Waals surface area contributed by atoms with Gasteiger partial charge in [0, 0.05) is 5.56 Å². The van der Waals surface area contributed by atoms with Crippen molar-refractivity contribution in [3.63, 3.8) is 0 Å². The Morgan fingerprint density at radius 2 is 1.77 bits per heavy atom. The van der Waals surface area contributed by atoms with E-state index in [0.717, 1.165) is 22.7 Å². The van der Waals surface area contributed by atoms with E-state index in [4.69, 9.17) is 0 Å². The molecule has 1 atom stereocenters. The highest BCUT2D eigenvalue weighted by Gasteiger charge is 2.30. The lowest BCUT2D eigenvalue weighted by atomic mass is 10.0. The number of aryl methyl sites for hydroxylation is 1. The molecule has 0 amide bonds. The molecular weight excluding hydrogens is 311 g/mol. The van der Waals surface area contributed by atoms with Crippen LogP contribution in [0.5, 0.6) is 0 Å². The minimum Gasteiger partial charge on any atom is -0.387 e. The van der Waals surface area contributed by atoms with E-state index >= 15 is 0 Å². The minimum atomic E-state index is -4.34. The van der Waals surface area contributed by atoms with Crippen LogP contribution in [0.25, 0.3) is 10.6 Å². The summed E-state index contributed by atoms with van der Waals surface area (Å²) in [4.78, 5) is 5.16. The quantitative estimate of drug-likeness (QED) is 0.834. The van der Waals surface area contributed by atoms with E-state index in [2.05, 4.69) is 4.98 Å². The third-order valence-corrected chi connectivity index (χ3v) is 4.60. The summed E-state index contributed by atoms with van der Waals surface area (Å²) in [6.45, 7) is 5.86. The van der Waals surface area contributed by atoms with Crippen LogP contribution in [0.3, 0.4) is 0 Å². The minimum absolute atomic E-state index is 0.353. The molecule has 1 N–H and O–H groups in total. The van der Waals surface area contributed by atoms with Crippen molar-refractivity contribution < 1.29 is 18.3 Å². The topological polar surface area (TPSA) is 33.1 Å². The molecule has 120 valence electrons. The highest BCUT2D eigenvalue weighted by molar-refractivity contribution is 7.15. The molecule has 1 aromatic heterocycles. The normalized spacial score (nSPS) is 13.6. The lowest BCUT2D eigenvalue weighted by molar-refractivity contribution is -0.137. The molecule has 0 fully saturated rings. The fourth-order valence-corrected chi connectivity index (χ4v) is 3.27. The number of aromatic nitrogens is 1. The van der Waals surface area contributed by atoms with Gasteiger partial charge >= 0.3 is 6.18 Å². The molecule has 1 unspecified atom stereocenters. The van der Waals surface area contributed by atoms with Crippen molar-refractivity contribution in [3.8, 4) is 10.6 Å². The van der Waals surface area contributed by atoms with Gasteiger partial charge in [0.05, 0.1) is 22.2 Å². The molecule has 1 aromatic carbocycles. The van der Waals surface area contributed by atoms with Crippen molar-refractivity contribution in [1.82, 2.24) is 4.98 Å². The Hall–Kier alpha value is -1.40. The zero-order valence-corrected chi connectivity index (χ0v) is 13.4. The van der Waals surface area contributed by atoms with Crippen LogP contribution in [0.15, 0.2) is 24.3 Å². The molecule has 0 aliphatic rings. The van der Waals surface area contributed by atoms with Crippen LogP contribution in [0.4, 0.5) is 13.2 Å². The third kappa shape index (κ3) is 3.87. The van der Waals surface area contributed by atoms with Crippen molar-refractivity contribution in [3.05, 3.63) is 40.4 Å². The van der Waals surface area contributed by atoms with Crippen LogP contribution < -0.4 is 0 Å². The number of benzene rings is 1. The molecule has 2 rings (SSSR count). The number of hydrogen-bond acceptors (Lipinski definition) is 3. The Morgan fingerprint density at radius 3 is 2.27 bits per heavy atom. The van der Waals surface area contributed by atoms with Gasteiger partial charge in [0.2, 0.25) is 0 Å². The van der Waals surface area contributed by atoms with Gasteiger partial charge in [0.1, 0.15) is 5.01 Å². The molecular formula is C16H18F3NOS. The molecule has 0 radical (unpaired) electrons. The van der Waals surface area contributed by atoms with Crippen molar-refractivity contribution in [2.24, 2.45) is 5.92 Å². The molecule has 2 aromatic rings. The fraction of sp³-hybridized carbons (Fsp3) is 0.438. The monoisotopic (exact) mass is 329 g/mol. The lowest BCUT2D eigenvalue weighted by Crippen LogP contribution is -2.03. The largest absolute Gasteiger partial charge is 0.416 e. The molecule has 0 aliphatic heterocycles. The summed E-state index contributed by atoms with van der Waals surface area (Å²) in [5.41, 5.74) is 0.682. The number of thiazole rings is 1. The molecule has 1 heterocycles. The van der Waals surface area contributed by atoms with Crippen LogP contribution in [-0.4, -0.2) is 10.1 Å². The maximum Gasteiger partial charge on any atom is 0.416 e. The summed E-state index contributed by atoms with van der Waals surface area (Å²) in [6, 6.07) is 4.94. The van der Waals surface area contributed by atoms with Crippen molar-refractivity contribution in [1.29, 1.82) is 0 Å². The van der Waals surface area contributed by atoms with Crippen LogP contribution in [0.2, 0.25) is 0 Å². The second-order valence-corrected chi connectivity index (χ2v) is 6.72. The Labute approximate surface area is 131 Å². The SMILES string of the molecule is Cc1nc(-c2ccc(C(F)(F)F)cc2)sc1C(O)CC(C)C. The van der Waals surface area contributed by atoms with E-state index < -0.39 is 17.8 Å². The number of alkyl halides is 3. The average molecular weight is 329 g/mol. The summed E-state index contributed by atoms with van der Waals surface area (Å²) in [5.74, 6) is 0.353. The van der Waals surface area contributed by atoms with Gasteiger partial charge in [0.15, 0.2) is 0 Å². The summed E-state index contributed by atoms with van der Waals surface area (Å²) in [6.07, 6.45) is -4.29. The highest BCUT2D eigenvalue weighted by atomic mass is 32.1. The van der Waals surface area contributed by atoms with Gasteiger partial charge in [-0.2, -0.15) is 13.2 Å². The third-order valence-electron chi connectivity index (χ3n) is 3.29. The number of aliphatic hydroxyl groups is 1. The van der Waals surface area contributed by atoms with Crippen molar-refractivity contribution in [2.75, 3.05) is 0 Å². The second kappa shape index (κ2) is 6.38. The van der Waals surface area contributed by atoms with Crippen molar-refractivity contribution >= 4 is 11.3 Å². The molecule has 2 nitrogen and oxygen atoms in total. The second-order valence-electron chi connectivity index (χ2n) is 5.69. The Balaban J connectivity index is 2.27. The van der Waals surface area contributed by atoms with E-state index in [9.17, 15) is 18.3 Å². The molecule has 22 heavy (non-hydrogen) atoms. The number of hydrogen-bond donors (Lipinski definition) is 1. The molecule has 0 bridgehead atoms. The van der Waals surface area contributed by atoms with Crippen LogP contribution in [-0.2, 0) is 6.18 Å². The highest BCUT2D eigenvalue weighted by Crippen LogP contribution is 2.36. The van der Waals surface area contributed by atoms with Gasteiger partial charge in [-0.05, 0) is 31.4 Å². The molecule has 0 spiro atoms. The number of rotatable bonds is 4. The summed E-state index contributed by atoms with van der Waals surface area (Å²) in [7, 11) is 0. The average Bonchev–Trinajstić information content (AvgIpc) is 2.79. The van der Waals surface area contributed by atoms with Crippen LogP contribution >= 0.6 is 11.3 Å². The van der Waals surface area contributed by atoms with E-state index in [-0.39, 0.29) is 0 Å². The Bertz CT molecular complexity index is 632. The first-order valence-electron chi connectivity index (χ1n) is 7.01. The predicted molar refractivity (Wildman–Crippen MR) is 81.7 cm³/mol. The molecule has 0 aliphatic carbocycles. The van der Waals surface area contributed by atoms with E-state index in [0.29, 0.717) is 22.9 Å². The van der Waals surface area contributed by atoms with Gasteiger partial charge in [-0.3, -0.25) is 0 Å². The zero-order valence-electron chi connectivity index (χ0n) is 12.6. The van der Waals surface area contributed by atoms with Gasteiger partial charge in [-0.15, -0.1) is 11.3 Å². The summed E-state index contributed by atoms with van der Waals surface area (Å²) >= 11 is 1.33. The first-order chi connectivity index (χ1) is 10.2. The van der Waals surface area contributed by atoms with E-state index in [1.54, 1.807) is 0 Å². The Kier molecular flexibility index (Phi) is 4.92. The van der Waals surface area contributed by atoms with E-state index in [1.807, 2.05) is 20.8 Å². The summed E-state index contributed by atoms with van der Waals surface area (Å²) in [5, 5.41) is 10.8. The number of nitrogens with zero attached hydrogens (tertiary/aromatic N) is 1. The smallest absolute Gasteiger partial charge is 0.387 e. The molecule has 0 saturated heterocycles. The molecule has 6 heteroatoms. The van der Waals surface area contributed by atoms with Gasteiger partial charge in [0.25, 0.3) is 0 Å². The van der Waals surface area contributed by atoms with Gasteiger partial charge < -0.3 is 5.11 Å². The number of halogens is 3. The zero-order chi connectivity index (χ0) is 16.5. The predicted octanol–water partition coefficient (Wildman–Crippen LogP) is 5.22. The Morgan fingerprint density at radius 1 is 1.18 bits per heavy atom. The first kappa shape index (κ1) is 17.0. The standard InChI is InChI=1S/C16H18F3NOS/c1-9(2)8-13(21)14-10(3)20-15(22-14)11-4-6-12(7-5-11)16(17,18)19/h4-7,9,13,21H,8H2,1-3H3. The van der Waals surface area contributed by atoms with Crippen LogP contribution in [0, 0.1) is 12.8 Å². The van der Waals surface area contributed by atoms with Crippen LogP contribution in [0.1, 0.15) is 42.5 Å². The van der Waals surface area contributed by atoms with E-state index in [1.165, 1.54) is 23.5 Å².